The number of fused-ring (bicyclic) bond motifs is 2. The number of carbonyl (C=O) groups is 1. The maximum absolute atomic E-state index is 11.8. The molecule has 2 heterocycles. The Morgan fingerprint density at radius 3 is 2.92 bits per heavy atom. The third-order valence-electron chi connectivity index (χ3n) is 3.96. The van der Waals surface area contributed by atoms with Crippen LogP contribution in [0.15, 0.2) is 45.0 Å². The van der Waals surface area contributed by atoms with E-state index in [1.54, 1.807) is 17.5 Å². The van der Waals surface area contributed by atoms with Crippen LogP contribution in [0.2, 0.25) is 0 Å². The van der Waals surface area contributed by atoms with Crippen molar-refractivity contribution in [2.45, 2.75) is 32.0 Å². The summed E-state index contributed by atoms with van der Waals surface area (Å²) in [6, 6.07) is 6.79. The van der Waals surface area contributed by atoms with Crippen LogP contribution in [-0.4, -0.2) is 23.9 Å². The van der Waals surface area contributed by atoms with Crippen molar-refractivity contribution in [3.63, 3.8) is 0 Å². The Labute approximate surface area is 143 Å². The highest BCUT2D eigenvalue weighted by Gasteiger charge is 2.39. The minimum absolute atomic E-state index is 0.303. The normalized spacial score (nSPS) is 17.0. The molecule has 0 N–H and O–H groups in total. The molecule has 0 spiro atoms. The molecule has 6 heteroatoms. The Kier molecular flexibility index (Phi) is 4.41. The summed E-state index contributed by atoms with van der Waals surface area (Å²) in [4.78, 5) is 23.2. The highest BCUT2D eigenvalue weighted by molar-refractivity contribution is 8.01. The van der Waals surface area contributed by atoms with E-state index in [0.29, 0.717) is 17.8 Å². The fraction of sp³-hybridized carbons (Fsp3) is 0.333. The Morgan fingerprint density at radius 1 is 1.38 bits per heavy atom. The fourth-order valence-corrected chi connectivity index (χ4v) is 2.93. The van der Waals surface area contributed by atoms with Crippen LogP contribution in [0.5, 0.6) is 5.75 Å². The Bertz CT molecular complexity index is 865. The maximum atomic E-state index is 11.8. The predicted molar refractivity (Wildman–Crippen MR) is 93.4 cm³/mol. The molecule has 24 heavy (non-hydrogen) atoms. The number of rotatable bonds is 4. The molecule has 2 aromatic rings. The van der Waals surface area contributed by atoms with Gasteiger partial charge in [0.1, 0.15) is 23.0 Å². The van der Waals surface area contributed by atoms with Crippen molar-refractivity contribution in [2.24, 2.45) is 0 Å². The number of esters is 1. The van der Waals surface area contributed by atoms with Gasteiger partial charge in [0.05, 0.1) is 0 Å². The van der Waals surface area contributed by atoms with Crippen LogP contribution in [-0.2, 0) is 16.0 Å². The average Bonchev–Trinajstić information content (AvgIpc) is 2.94. The van der Waals surface area contributed by atoms with Crippen molar-refractivity contribution in [1.82, 2.24) is 0 Å². The van der Waals surface area contributed by atoms with Crippen LogP contribution in [0.1, 0.15) is 19.4 Å². The van der Waals surface area contributed by atoms with Crippen LogP contribution in [0.3, 0.4) is 0 Å². The van der Waals surface area contributed by atoms with E-state index in [1.807, 2.05) is 26.2 Å². The Morgan fingerprint density at radius 2 is 2.17 bits per heavy atom. The van der Waals surface area contributed by atoms with Crippen molar-refractivity contribution >= 4 is 28.7 Å². The van der Waals surface area contributed by atoms with E-state index in [1.165, 1.54) is 23.9 Å². The van der Waals surface area contributed by atoms with Crippen molar-refractivity contribution in [3.8, 4) is 5.75 Å². The number of hydrogen-bond donors (Lipinski definition) is 0. The van der Waals surface area contributed by atoms with E-state index >= 15 is 0 Å². The van der Waals surface area contributed by atoms with Crippen molar-refractivity contribution in [3.05, 3.63) is 51.7 Å². The summed E-state index contributed by atoms with van der Waals surface area (Å²) in [5.74, 6) is 0.260. The van der Waals surface area contributed by atoms with E-state index < -0.39 is 17.2 Å². The monoisotopic (exact) mass is 346 g/mol. The van der Waals surface area contributed by atoms with Gasteiger partial charge < -0.3 is 13.9 Å². The number of ether oxygens (including phenoxy) is 2. The van der Waals surface area contributed by atoms with E-state index in [9.17, 15) is 9.59 Å². The summed E-state index contributed by atoms with van der Waals surface area (Å²) >= 11 is 1.43. The second-order valence-corrected chi connectivity index (χ2v) is 6.87. The smallest absolute Gasteiger partial charge is 0.336 e. The topological polar surface area (TPSA) is 65.7 Å². The molecule has 0 saturated heterocycles. The van der Waals surface area contributed by atoms with Gasteiger partial charge in [0.2, 0.25) is 0 Å². The molecule has 1 aliphatic rings. The second-order valence-electron chi connectivity index (χ2n) is 6.13. The first-order chi connectivity index (χ1) is 11.4. The number of hydrogen-bond acceptors (Lipinski definition) is 6. The number of thioether (sulfide) groups is 1. The summed E-state index contributed by atoms with van der Waals surface area (Å²) in [6.07, 6.45) is 3.59. The molecule has 0 bridgehead atoms. The lowest BCUT2D eigenvalue weighted by molar-refractivity contribution is -0.158. The molecule has 0 fully saturated rings. The lowest BCUT2D eigenvalue weighted by Gasteiger charge is -2.30. The molecule has 5 nitrogen and oxygen atoms in total. The SMILES string of the molecule is CSC=CC(=O)OC(C)(C)C1Cc2cc3ccc(=O)oc3cc2O1. The van der Waals surface area contributed by atoms with Crippen molar-refractivity contribution in [2.75, 3.05) is 6.26 Å². The van der Waals surface area contributed by atoms with Gasteiger partial charge in [0.25, 0.3) is 0 Å². The second kappa shape index (κ2) is 6.36. The molecule has 126 valence electrons. The van der Waals surface area contributed by atoms with Crippen LogP contribution in [0, 0.1) is 0 Å². The highest BCUT2D eigenvalue weighted by atomic mass is 32.2. The van der Waals surface area contributed by atoms with Crippen LogP contribution < -0.4 is 10.4 Å². The van der Waals surface area contributed by atoms with Crippen LogP contribution in [0.4, 0.5) is 0 Å². The van der Waals surface area contributed by atoms with Crippen LogP contribution in [0.25, 0.3) is 11.0 Å². The molecule has 1 aromatic carbocycles. The third-order valence-corrected chi connectivity index (χ3v) is 4.36. The van der Waals surface area contributed by atoms with Gasteiger partial charge in [0, 0.05) is 30.0 Å². The zero-order valence-corrected chi connectivity index (χ0v) is 14.5. The van der Waals surface area contributed by atoms with Gasteiger partial charge >= 0.3 is 11.6 Å². The van der Waals surface area contributed by atoms with Gasteiger partial charge in [-0.1, -0.05) is 0 Å². The van der Waals surface area contributed by atoms with Gasteiger partial charge in [-0.25, -0.2) is 9.59 Å². The summed E-state index contributed by atoms with van der Waals surface area (Å²) < 4.78 is 16.7. The Balaban J connectivity index is 1.82. The predicted octanol–water partition coefficient (Wildman–Crippen LogP) is 3.30. The van der Waals surface area contributed by atoms with Gasteiger partial charge in [-0.05, 0) is 43.2 Å². The van der Waals surface area contributed by atoms with E-state index in [2.05, 4.69) is 0 Å². The van der Waals surface area contributed by atoms with Gasteiger partial charge in [-0.3, -0.25) is 0 Å². The average molecular weight is 346 g/mol. The molecule has 0 saturated carbocycles. The Hall–Kier alpha value is -2.21. The lowest BCUT2D eigenvalue weighted by Crippen LogP contribution is -2.43. The zero-order chi connectivity index (χ0) is 17.3. The summed E-state index contributed by atoms with van der Waals surface area (Å²) in [7, 11) is 0. The molecule has 1 aromatic heterocycles. The summed E-state index contributed by atoms with van der Waals surface area (Å²) in [6.45, 7) is 3.66. The summed E-state index contributed by atoms with van der Waals surface area (Å²) in [5, 5.41) is 2.52. The lowest BCUT2D eigenvalue weighted by atomic mass is 9.96. The van der Waals surface area contributed by atoms with Gasteiger partial charge in [0.15, 0.2) is 0 Å². The molecule has 1 unspecified atom stereocenters. The van der Waals surface area contributed by atoms with E-state index in [4.69, 9.17) is 13.9 Å². The number of carbonyl (C=O) groups excluding carboxylic acids is 1. The van der Waals surface area contributed by atoms with Crippen molar-refractivity contribution in [1.29, 1.82) is 0 Å². The minimum Gasteiger partial charge on any atom is -0.485 e. The fourth-order valence-electron chi connectivity index (χ4n) is 2.68. The zero-order valence-electron chi connectivity index (χ0n) is 13.7. The molecule has 0 aliphatic carbocycles. The van der Waals surface area contributed by atoms with E-state index in [-0.39, 0.29) is 6.10 Å². The minimum atomic E-state index is -0.786. The van der Waals surface area contributed by atoms with E-state index in [0.717, 1.165) is 10.9 Å². The van der Waals surface area contributed by atoms with Crippen LogP contribution >= 0.6 is 11.8 Å². The van der Waals surface area contributed by atoms with Gasteiger partial charge in [-0.2, -0.15) is 0 Å². The summed E-state index contributed by atoms with van der Waals surface area (Å²) in [5.41, 5.74) is 0.308. The first-order valence-corrected chi connectivity index (χ1v) is 8.83. The molecular weight excluding hydrogens is 328 g/mol. The molecular formula is C18H18O5S. The molecule has 3 rings (SSSR count). The number of benzene rings is 1. The molecule has 1 aliphatic heterocycles. The largest absolute Gasteiger partial charge is 0.485 e. The molecule has 1 atom stereocenters. The van der Waals surface area contributed by atoms with Crippen molar-refractivity contribution < 1.29 is 18.7 Å². The maximum Gasteiger partial charge on any atom is 0.336 e. The molecule has 0 radical (unpaired) electrons. The first-order valence-electron chi connectivity index (χ1n) is 7.55. The third kappa shape index (κ3) is 3.33. The molecule has 0 amide bonds. The highest BCUT2D eigenvalue weighted by Crippen LogP contribution is 2.37. The van der Waals surface area contributed by atoms with Gasteiger partial charge in [-0.15, -0.1) is 11.8 Å². The quantitative estimate of drug-likeness (QED) is 0.481. The standard InChI is InChI=1S/C18H18O5S/c1-18(2,23-17(20)6-7-24-3)15-9-12-8-11-4-5-16(19)22-13(11)10-14(12)21-15/h4-8,10,15H,9H2,1-3H3. The first kappa shape index (κ1) is 16.6.